The van der Waals surface area contributed by atoms with Crippen molar-refractivity contribution in [2.75, 3.05) is 45.9 Å². The lowest BCUT2D eigenvalue weighted by Gasteiger charge is -2.27. The van der Waals surface area contributed by atoms with Crippen molar-refractivity contribution in [1.29, 1.82) is 0 Å². The Morgan fingerprint density at radius 2 is 1.88 bits per heavy atom. The number of nitrogens with zero attached hydrogens (tertiary/aromatic N) is 1. The molecule has 0 aromatic heterocycles. The summed E-state index contributed by atoms with van der Waals surface area (Å²) in [4.78, 5) is 14.3. The highest BCUT2D eigenvalue weighted by atomic mass is 35.5. The summed E-state index contributed by atoms with van der Waals surface area (Å²) in [5, 5.41) is 8.62. The molecular formula is C20H28ClN3O2. The topological polar surface area (TPSA) is 53.6 Å². The number of ether oxygens (including phenoxy) is 1. The Hall–Kier alpha value is -1.82. The molecule has 0 bridgehead atoms. The molecule has 0 spiro atoms. The number of carbonyl (C=O) groups is 1. The molecule has 142 valence electrons. The van der Waals surface area contributed by atoms with Crippen LogP contribution >= 0.6 is 12.4 Å². The predicted molar refractivity (Wildman–Crippen MR) is 108 cm³/mol. The zero-order valence-corrected chi connectivity index (χ0v) is 15.9. The fourth-order valence-electron chi connectivity index (χ4n) is 3.11. The highest BCUT2D eigenvalue weighted by Crippen LogP contribution is 2.25. The maximum absolute atomic E-state index is 11.9. The molecule has 1 saturated heterocycles. The second-order valence-corrected chi connectivity index (χ2v) is 6.37. The van der Waals surface area contributed by atoms with Crippen LogP contribution in [0.4, 0.5) is 0 Å². The van der Waals surface area contributed by atoms with E-state index in [4.69, 9.17) is 4.74 Å². The highest BCUT2D eigenvalue weighted by Gasteiger charge is 2.09. The molecule has 1 fully saturated rings. The molecule has 0 radical (unpaired) electrons. The molecule has 0 atom stereocenters. The third kappa shape index (κ3) is 6.16. The summed E-state index contributed by atoms with van der Waals surface area (Å²) >= 11 is 0. The molecule has 3 rings (SSSR count). The Morgan fingerprint density at radius 3 is 2.73 bits per heavy atom. The lowest BCUT2D eigenvalue weighted by atomic mass is 10.1. The van der Waals surface area contributed by atoms with E-state index in [1.165, 1.54) is 5.39 Å². The lowest BCUT2D eigenvalue weighted by molar-refractivity contribution is -0.121. The van der Waals surface area contributed by atoms with E-state index in [2.05, 4.69) is 33.7 Å². The van der Waals surface area contributed by atoms with E-state index in [0.29, 0.717) is 13.0 Å². The van der Waals surface area contributed by atoms with Gasteiger partial charge in [-0.2, -0.15) is 0 Å². The van der Waals surface area contributed by atoms with Gasteiger partial charge in [-0.1, -0.05) is 36.4 Å². The molecular weight excluding hydrogens is 350 g/mol. The Labute approximate surface area is 161 Å². The molecule has 0 saturated carbocycles. The third-order valence-corrected chi connectivity index (χ3v) is 4.52. The van der Waals surface area contributed by atoms with Crippen molar-refractivity contribution < 1.29 is 9.53 Å². The Morgan fingerprint density at radius 1 is 1.12 bits per heavy atom. The normalized spacial score (nSPS) is 14.6. The standard InChI is InChI=1S/C20H27N3O2.ClH/c24-20(22-12-15-23-13-10-21-11-14-23)9-4-16-25-19-8-3-6-17-5-1-2-7-18(17)19;/h1-3,5-8,21H,4,9-16H2,(H,22,24);1H. The van der Waals surface area contributed by atoms with E-state index in [1.807, 2.05) is 24.3 Å². The number of hydrogen-bond acceptors (Lipinski definition) is 4. The first kappa shape index (κ1) is 20.5. The van der Waals surface area contributed by atoms with E-state index in [-0.39, 0.29) is 18.3 Å². The van der Waals surface area contributed by atoms with Crippen LogP contribution in [0.1, 0.15) is 12.8 Å². The first-order valence-electron chi connectivity index (χ1n) is 9.13. The van der Waals surface area contributed by atoms with Crippen LogP contribution in [0.2, 0.25) is 0 Å². The van der Waals surface area contributed by atoms with Gasteiger partial charge in [0.15, 0.2) is 0 Å². The second kappa shape index (κ2) is 11.0. The van der Waals surface area contributed by atoms with Crippen molar-refractivity contribution in [3.05, 3.63) is 42.5 Å². The van der Waals surface area contributed by atoms with E-state index in [0.717, 1.165) is 56.8 Å². The first-order chi connectivity index (χ1) is 12.3. The number of benzene rings is 2. The molecule has 1 amide bonds. The molecule has 5 nitrogen and oxygen atoms in total. The first-order valence-corrected chi connectivity index (χ1v) is 9.13. The number of fused-ring (bicyclic) bond motifs is 1. The van der Waals surface area contributed by atoms with Crippen LogP contribution in [0.15, 0.2) is 42.5 Å². The van der Waals surface area contributed by atoms with Crippen LogP contribution in [0.5, 0.6) is 5.75 Å². The summed E-state index contributed by atoms with van der Waals surface area (Å²) in [6, 6.07) is 14.2. The SMILES string of the molecule is Cl.O=C(CCCOc1cccc2ccccc12)NCCN1CCNCC1. The molecule has 1 heterocycles. The zero-order valence-electron chi connectivity index (χ0n) is 15.1. The van der Waals surface area contributed by atoms with Gasteiger partial charge in [-0.15, -0.1) is 12.4 Å². The fraction of sp³-hybridized carbons (Fsp3) is 0.450. The fourth-order valence-corrected chi connectivity index (χ4v) is 3.11. The summed E-state index contributed by atoms with van der Waals surface area (Å²) < 4.78 is 5.87. The molecule has 0 aliphatic carbocycles. The maximum Gasteiger partial charge on any atom is 0.220 e. The predicted octanol–water partition coefficient (Wildman–Crippen LogP) is 2.44. The van der Waals surface area contributed by atoms with Crippen LogP contribution in [0, 0.1) is 0 Å². The van der Waals surface area contributed by atoms with E-state index in [1.54, 1.807) is 0 Å². The quantitative estimate of drug-likeness (QED) is 0.694. The molecule has 1 aliphatic rings. The average Bonchev–Trinajstić information content (AvgIpc) is 2.66. The molecule has 1 aliphatic heterocycles. The summed E-state index contributed by atoms with van der Waals surface area (Å²) in [6.45, 7) is 6.42. The summed E-state index contributed by atoms with van der Waals surface area (Å²) in [5.74, 6) is 0.994. The summed E-state index contributed by atoms with van der Waals surface area (Å²) in [6.07, 6.45) is 1.23. The minimum atomic E-state index is 0. The van der Waals surface area contributed by atoms with E-state index >= 15 is 0 Å². The second-order valence-electron chi connectivity index (χ2n) is 6.37. The maximum atomic E-state index is 11.9. The lowest BCUT2D eigenvalue weighted by Crippen LogP contribution is -2.46. The molecule has 2 aromatic carbocycles. The van der Waals surface area contributed by atoms with Crippen LogP contribution in [0.3, 0.4) is 0 Å². The molecule has 2 aromatic rings. The zero-order chi connectivity index (χ0) is 17.3. The molecule has 0 unspecified atom stereocenters. The Kier molecular flexibility index (Phi) is 8.68. The van der Waals surface area contributed by atoms with Crippen molar-refractivity contribution in [3.63, 3.8) is 0 Å². The van der Waals surface area contributed by atoms with Crippen molar-refractivity contribution in [2.45, 2.75) is 12.8 Å². The highest BCUT2D eigenvalue weighted by molar-refractivity contribution is 5.88. The minimum Gasteiger partial charge on any atom is -0.493 e. The monoisotopic (exact) mass is 377 g/mol. The van der Waals surface area contributed by atoms with Gasteiger partial charge in [-0.25, -0.2) is 0 Å². The summed E-state index contributed by atoms with van der Waals surface area (Å²) in [5.41, 5.74) is 0. The average molecular weight is 378 g/mol. The Bertz CT molecular complexity index is 684. The van der Waals surface area contributed by atoms with Gasteiger partial charge in [0, 0.05) is 51.1 Å². The number of nitrogens with one attached hydrogen (secondary N) is 2. The smallest absolute Gasteiger partial charge is 0.220 e. The molecule has 26 heavy (non-hydrogen) atoms. The number of carbonyl (C=O) groups excluding carboxylic acids is 1. The van der Waals surface area contributed by atoms with Crippen molar-refractivity contribution in [3.8, 4) is 5.75 Å². The molecule has 6 heteroatoms. The van der Waals surface area contributed by atoms with Gasteiger partial charge in [0.1, 0.15) is 5.75 Å². The van der Waals surface area contributed by atoms with Gasteiger partial charge < -0.3 is 15.4 Å². The van der Waals surface area contributed by atoms with E-state index in [9.17, 15) is 4.79 Å². The van der Waals surface area contributed by atoms with Gasteiger partial charge in [0.2, 0.25) is 5.91 Å². The van der Waals surface area contributed by atoms with Crippen molar-refractivity contribution >= 4 is 29.1 Å². The summed E-state index contributed by atoms with van der Waals surface area (Å²) in [7, 11) is 0. The minimum absolute atomic E-state index is 0. The largest absolute Gasteiger partial charge is 0.493 e. The van der Waals surface area contributed by atoms with Crippen LogP contribution < -0.4 is 15.4 Å². The van der Waals surface area contributed by atoms with Crippen LogP contribution in [-0.4, -0.2) is 56.7 Å². The van der Waals surface area contributed by atoms with Gasteiger partial charge in [-0.3, -0.25) is 9.69 Å². The van der Waals surface area contributed by atoms with Gasteiger partial charge >= 0.3 is 0 Å². The van der Waals surface area contributed by atoms with E-state index < -0.39 is 0 Å². The number of halogens is 1. The number of rotatable bonds is 8. The van der Waals surface area contributed by atoms with Crippen LogP contribution in [0.25, 0.3) is 10.8 Å². The van der Waals surface area contributed by atoms with Gasteiger partial charge in [-0.05, 0) is 17.9 Å². The van der Waals surface area contributed by atoms with Crippen molar-refractivity contribution in [2.24, 2.45) is 0 Å². The van der Waals surface area contributed by atoms with Crippen molar-refractivity contribution in [1.82, 2.24) is 15.5 Å². The van der Waals surface area contributed by atoms with Gasteiger partial charge in [0.05, 0.1) is 6.61 Å². The molecule has 2 N–H and O–H groups in total. The number of piperazine rings is 1. The van der Waals surface area contributed by atoms with Crippen LogP contribution in [-0.2, 0) is 4.79 Å². The number of amides is 1. The van der Waals surface area contributed by atoms with Gasteiger partial charge in [0.25, 0.3) is 0 Å². The third-order valence-electron chi connectivity index (χ3n) is 4.52. The number of hydrogen-bond donors (Lipinski definition) is 2. The Balaban J connectivity index is 0.00000243.